The lowest BCUT2D eigenvalue weighted by molar-refractivity contribution is -0.142. The van der Waals surface area contributed by atoms with Crippen LogP contribution in [0.2, 0.25) is 0 Å². The van der Waals surface area contributed by atoms with Gasteiger partial charge in [-0.1, -0.05) is 30.3 Å². The molecule has 220 valence electrons. The van der Waals surface area contributed by atoms with Crippen LogP contribution in [-0.2, 0) is 32.0 Å². The number of carbonyl (C=O) groups excluding carboxylic acids is 3. The molecule has 4 atom stereocenters. The van der Waals surface area contributed by atoms with E-state index in [1.54, 1.807) is 18.3 Å². The molecule has 0 saturated heterocycles. The van der Waals surface area contributed by atoms with E-state index in [0.717, 1.165) is 16.5 Å². The maximum Gasteiger partial charge on any atom is 0.326 e. The van der Waals surface area contributed by atoms with Gasteiger partial charge in [0.2, 0.25) is 17.7 Å². The molecule has 0 bridgehead atoms. The van der Waals surface area contributed by atoms with Crippen molar-refractivity contribution in [1.29, 1.82) is 0 Å². The minimum Gasteiger partial charge on any atom is -0.508 e. The monoisotopic (exact) mass is 585 g/mol. The van der Waals surface area contributed by atoms with Crippen molar-refractivity contribution < 1.29 is 34.5 Å². The van der Waals surface area contributed by atoms with Crippen molar-refractivity contribution in [3.05, 3.63) is 65.9 Å². The fourth-order valence-electron chi connectivity index (χ4n) is 4.21. The van der Waals surface area contributed by atoms with Crippen LogP contribution in [0.15, 0.2) is 54.7 Å². The largest absolute Gasteiger partial charge is 0.508 e. The van der Waals surface area contributed by atoms with Crippen molar-refractivity contribution in [3.8, 4) is 5.75 Å². The van der Waals surface area contributed by atoms with Gasteiger partial charge < -0.3 is 42.0 Å². The van der Waals surface area contributed by atoms with Gasteiger partial charge in [0.15, 0.2) is 0 Å². The summed E-state index contributed by atoms with van der Waals surface area (Å²) in [6.45, 7) is -0.633. The number of aliphatic carboxylic acids is 1. The summed E-state index contributed by atoms with van der Waals surface area (Å²) in [6.07, 6.45) is 3.74. The van der Waals surface area contributed by atoms with Crippen LogP contribution in [0.4, 0.5) is 0 Å². The Hall–Kier alpha value is -4.07. The van der Waals surface area contributed by atoms with E-state index >= 15 is 0 Å². The predicted molar refractivity (Wildman–Crippen MR) is 155 cm³/mol. The molecule has 0 radical (unpaired) electrons. The van der Waals surface area contributed by atoms with Crippen LogP contribution in [0, 0.1) is 0 Å². The molecule has 0 aliphatic heterocycles. The molecule has 3 aromatic rings. The van der Waals surface area contributed by atoms with E-state index < -0.39 is 54.5 Å². The highest BCUT2D eigenvalue weighted by Crippen LogP contribution is 2.19. The highest BCUT2D eigenvalue weighted by Gasteiger charge is 2.31. The molecule has 0 saturated carbocycles. The summed E-state index contributed by atoms with van der Waals surface area (Å²) >= 11 is 1.43. The molecule has 2 aromatic carbocycles. The van der Waals surface area contributed by atoms with Crippen LogP contribution >= 0.6 is 11.8 Å². The summed E-state index contributed by atoms with van der Waals surface area (Å²) in [6, 6.07) is 8.61. The average Bonchev–Trinajstić information content (AvgIpc) is 3.37. The van der Waals surface area contributed by atoms with Gasteiger partial charge in [0.05, 0.1) is 6.61 Å². The van der Waals surface area contributed by atoms with Crippen LogP contribution in [0.5, 0.6) is 5.75 Å². The van der Waals surface area contributed by atoms with Gasteiger partial charge in [0.1, 0.15) is 29.9 Å². The number of rotatable bonds is 15. The summed E-state index contributed by atoms with van der Waals surface area (Å²) < 4.78 is 0. The molecule has 12 nitrogen and oxygen atoms in total. The van der Waals surface area contributed by atoms with Crippen molar-refractivity contribution in [3.63, 3.8) is 0 Å². The molecule has 3 amide bonds. The van der Waals surface area contributed by atoms with Gasteiger partial charge in [-0.25, -0.2) is 4.79 Å². The third kappa shape index (κ3) is 8.96. The van der Waals surface area contributed by atoms with Crippen LogP contribution in [0.1, 0.15) is 17.5 Å². The number of aromatic hydroxyl groups is 1. The number of carboxylic acids is 1. The normalized spacial score (nSPS) is 14.0. The van der Waals surface area contributed by atoms with Gasteiger partial charge in [0, 0.05) is 29.9 Å². The van der Waals surface area contributed by atoms with Crippen molar-refractivity contribution in [1.82, 2.24) is 20.9 Å². The van der Waals surface area contributed by atoms with Crippen LogP contribution in [0.3, 0.4) is 0 Å². The van der Waals surface area contributed by atoms with E-state index in [0.29, 0.717) is 11.3 Å². The average molecular weight is 586 g/mol. The van der Waals surface area contributed by atoms with Gasteiger partial charge in [-0.2, -0.15) is 11.8 Å². The first-order chi connectivity index (χ1) is 19.6. The topological polar surface area (TPSA) is 207 Å². The van der Waals surface area contributed by atoms with Crippen molar-refractivity contribution in [2.24, 2.45) is 5.73 Å². The van der Waals surface area contributed by atoms with Gasteiger partial charge in [-0.15, -0.1) is 0 Å². The third-order valence-electron chi connectivity index (χ3n) is 6.50. The number of aromatic amines is 1. The molecule has 0 fully saturated rings. The Morgan fingerprint density at radius 2 is 1.51 bits per heavy atom. The second-order valence-corrected chi connectivity index (χ2v) is 10.5. The Morgan fingerprint density at radius 3 is 2.15 bits per heavy atom. The van der Waals surface area contributed by atoms with Gasteiger partial charge in [-0.05, 0) is 47.8 Å². The maximum absolute atomic E-state index is 13.6. The summed E-state index contributed by atoms with van der Waals surface area (Å²) in [7, 11) is 0. The number of aromatic nitrogens is 1. The van der Waals surface area contributed by atoms with Crippen LogP contribution in [-0.4, -0.2) is 86.8 Å². The molecule has 41 heavy (non-hydrogen) atoms. The van der Waals surface area contributed by atoms with Gasteiger partial charge in [0.25, 0.3) is 0 Å². The summed E-state index contributed by atoms with van der Waals surface area (Å²) in [5, 5.41) is 37.1. The molecule has 1 heterocycles. The quantitative estimate of drug-likeness (QED) is 0.123. The number of phenols is 1. The second-order valence-electron chi connectivity index (χ2n) is 9.53. The molecule has 9 N–H and O–H groups in total. The predicted octanol–water partition coefficient (Wildman–Crippen LogP) is 0.270. The number of thioether (sulfide) groups is 1. The number of benzene rings is 2. The fourth-order valence-corrected chi connectivity index (χ4v) is 4.68. The summed E-state index contributed by atoms with van der Waals surface area (Å²) in [5.74, 6) is -2.87. The minimum atomic E-state index is -1.27. The first-order valence-electron chi connectivity index (χ1n) is 12.9. The van der Waals surface area contributed by atoms with Crippen molar-refractivity contribution >= 4 is 46.4 Å². The van der Waals surface area contributed by atoms with Crippen LogP contribution < -0.4 is 21.7 Å². The number of H-pyrrole nitrogens is 1. The molecule has 0 aliphatic carbocycles. The minimum absolute atomic E-state index is 0.0171. The number of hydrogen-bond acceptors (Lipinski definition) is 8. The Balaban J connectivity index is 1.88. The third-order valence-corrected chi connectivity index (χ3v) is 7.14. The Kier molecular flexibility index (Phi) is 11.6. The smallest absolute Gasteiger partial charge is 0.326 e. The van der Waals surface area contributed by atoms with E-state index in [4.69, 9.17) is 5.73 Å². The number of carboxylic acid groups (broad SMARTS) is 1. The summed E-state index contributed by atoms with van der Waals surface area (Å²) in [5.41, 5.74) is 7.82. The number of carbonyl (C=O) groups is 4. The lowest BCUT2D eigenvalue weighted by atomic mass is 10.0. The molecule has 0 aliphatic rings. The highest BCUT2D eigenvalue weighted by atomic mass is 32.2. The molecule has 13 heteroatoms. The Morgan fingerprint density at radius 1 is 0.902 bits per heavy atom. The molecular weight excluding hydrogens is 550 g/mol. The van der Waals surface area contributed by atoms with E-state index in [-0.39, 0.29) is 25.0 Å². The standard InChI is InChI=1S/C28H35N5O7S/c1-41-11-10-22(28(39)40)31-26(37)23(12-16-6-8-18(35)9-7-16)33-27(38)24(32-25(36)20(29)15-34)13-17-14-30-21-5-3-2-4-19(17)21/h2-9,14,20,22-24,30,34-35H,10-13,15,29H2,1H3,(H,31,37)(H,32,36)(H,33,38)(H,39,40). The number of nitrogens with two attached hydrogens (primary N) is 1. The lowest BCUT2D eigenvalue weighted by Crippen LogP contribution is -2.58. The zero-order chi connectivity index (χ0) is 29.9. The highest BCUT2D eigenvalue weighted by molar-refractivity contribution is 7.98. The van der Waals surface area contributed by atoms with Gasteiger partial charge in [-0.3, -0.25) is 14.4 Å². The van der Waals surface area contributed by atoms with Crippen molar-refractivity contribution in [2.75, 3.05) is 18.6 Å². The molecule has 3 rings (SSSR count). The van der Waals surface area contributed by atoms with E-state index in [2.05, 4.69) is 20.9 Å². The second kappa shape index (κ2) is 15.1. The van der Waals surface area contributed by atoms with Crippen molar-refractivity contribution in [2.45, 2.75) is 43.4 Å². The zero-order valence-corrected chi connectivity index (χ0v) is 23.3. The number of fused-ring (bicyclic) bond motifs is 1. The number of aliphatic hydroxyl groups is 1. The Bertz CT molecular complexity index is 1350. The molecule has 1 aromatic heterocycles. The SMILES string of the molecule is CSCCC(NC(=O)C(Cc1ccc(O)cc1)NC(=O)C(Cc1c[nH]c2ccccc12)NC(=O)C(N)CO)C(=O)O. The van der Waals surface area contributed by atoms with Crippen LogP contribution in [0.25, 0.3) is 10.9 Å². The zero-order valence-electron chi connectivity index (χ0n) is 22.5. The molecule has 4 unspecified atom stereocenters. The first-order valence-corrected chi connectivity index (χ1v) is 14.3. The lowest BCUT2D eigenvalue weighted by Gasteiger charge is -2.25. The molecular formula is C28H35N5O7S. The molecule has 0 spiro atoms. The fraction of sp³-hybridized carbons (Fsp3) is 0.357. The first kappa shape index (κ1) is 31.5. The number of nitrogens with one attached hydrogen (secondary N) is 4. The number of amides is 3. The number of phenolic OH excluding ortho intramolecular Hbond substituents is 1. The van der Waals surface area contributed by atoms with E-state index in [9.17, 15) is 34.5 Å². The summed E-state index contributed by atoms with van der Waals surface area (Å²) in [4.78, 5) is 54.4. The van der Waals surface area contributed by atoms with E-state index in [1.807, 2.05) is 30.5 Å². The number of para-hydroxylation sites is 1. The maximum atomic E-state index is 13.6. The van der Waals surface area contributed by atoms with E-state index in [1.165, 1.54) is 23.9 Å². The Labute approximate surface area is 241 Å². The number of aliphatic hydroxyl groups excluding tert-OH is 1. The van der Waals surface area contributed by atoms with Gasteiger partial charge >= 0.3 is 5.97 Å². The number of hydrogen-bond donors (Lipinski definition) is 8.